The molecule has 0 saturated heterocycles. The Balaban J connectivity index is 0.000000392. The SMILES string of the molecule is COc1ccc2c(C(=O)Oc3c(F)cccc3F)c3ccccc3[n+](C)c2c1.O=S(=O)([O-])C(F)(F)F. The molecule has 0 saturated carbocycles. The lowest BCUT2D eigenvalue weighted by Crippen LogP contribution is -2.31. The standard InChI is InChI=1S/C22H16F2NO3.CHF3O3S/c1-25-18-9-4-3-6-14(18)20(15-11-10-13(27-2)12-19(15)25)22(26)28-21-16(23)7-5-8-17(21)24;2-1(3,4)8(5,6)7/h3-12H,1-2H3;(H,5,6,7)/q+1;/p-1. The molecule has 0 aliphatic carbocycles. The van der Waals surface area contributed by atoms with E-state index < -0.39 is 39.0 Å². The second-order valence-corrected chi connectivity index (χ2v) is 8.55. The van der Waals surface area contributed by atoms with Crippen LogP contribution in [-0.2, 0) is 17.2 Å². The van der Waals surface area contributed by atoms with Gasteiger partial charge in [0.15, 0.2) is 21.8 Å². The molecular formula is C23H16F5NO6S. The Morgan fingerprint density at radius 1 is 0.917 bits per heavy atom. The summed E-state index contributed by atoms with van der Waals surface area (Å²) in [6.07, 6.45) is 0. The number of pyridine rings is 1. The minimum Gasteiger partial charge on any atom is -0.741 e. The molecule has 4 aromatic rings. The lowest BCUT2D eigenvalue weighted by molar-refractivity contribution is -0.617. The summed E-state index contributed by atoms with van der Waals surface area (Å²) < 4.78 is 99.2. The molecule has 0 radical (unpaired) electrons. The first kappa shape index (κ1) is 26.8. The van der Waals surface area contributed by atoms with Crippen LogP contribution in [0.15, 0.2) is 60.7 Å². The number of carbonyl (C=O) groups excluding carboxylic acids is 1. The highest BCUT2D eigenvalue weighted by Gasteiger charge is 2.37. The zero-order chi connectivity index (χ0) is 26.8. The van der Waals surface area contributed by atoms with Crippen molar-refractivity contribution in [2.75, 3.05) is 7.11 Å². The fraction of sp³-hybridized carbons (Fsp3) is 0.130. The predicted molar refractivity (Wildman–Crippen MR) is 116 cm³/mol. The van der Waals surface area contributed by atoms with Crippen LogP contribution in [0.2, 0.25) is 0 Å². The number of methoxy groups -OCH3 is 1. The minimum atomic E-state index is -6.09. The Hall–Kier alpha value is -3.84. The van der Waals surface area contributed by atoms with Gasteiger partial charge in [-0.05, 0) is 30.3 Å². The van der Waals surface area contributed by atoms with E-state index in [1.54, 1.807) is 37.4 Å². The van der Waals surface area contributed by atoms with Crippen LogP contribution in [0.3, 0.4) is 0 Å². The summed E-state index contributed by atoms with van der Waals surface area (Å²) in [5.41, 5.74) is -3.93. The summed E-state index contributed by atoms with van der Waals surface area (Å²) in [4.78, 5) is 13.0. The van der Waals surface area contributed by atoms with Crippen LogP contribution in [0, 0.1) is 11.6 Å². The van der Waals surface area contributed by atoms with Crippen LogP contribution in [0.1, 0.15) is 10.4 Å². The molecule has 36 heavy (non-hydrogen) atoms. The summed E-state index contributed by atoms with van der Waals surface area (Å²) in [5, 5.41) is 1.20. The van der Waals surface area contributed by atoms with Crippen molar-refractivity contribution in [3.05, 3.63) is 77.9 Å². The van der Waals surface area contributed by atoms with E-state index in [2.05, 4.69) is 0 Å². The van der Waals surface area contributed by atoms with Gasteiger partial charge >= 0.3 is 11.5 Å². The topological polar surface area (TPSA) is 96.6 Å². The van der Waals surface area contributed by atoms with Gasteiger partial charge in [0.25, 0.3) is 0 Å². The molecule has 4 rings (SSSR count). The van der Waals surface area contributed by atoms with Crippen molar-refractivity contribution in [2.24, 2.45) is 7.05 Å². The highest BCUT2D eigenvalue weighted by atomic mass is 32.2. The largest absolute Gasteiger partial charge is 0.741 e. The molecule has 0 N–H and O–H groups in total. The molecule has 1 heterocycles. The summed E-state index contributed by atoms with van der Waals surface area (Å²) in [6, 6.07) is 15.8. The predicted octanol–water partition coefficient (Wildman–Crippen LogP) is 4.37. The molecule has 0 fully saturated rings. The van der Waals surface area contributed by atoms with Crippen molar-refractivity contribution in [1.82, 2.24) is 0 Å². The van der Waals surface area contributed by atoms with Crippen LogP contribution < -0.4 is 14.0 Å². The number of nitrogens with zero attached hydrogens (tertiary/aromatic N) is 1. The van der Waals surface area contributed by atoms with Gasteiger partial charge in [0.2, 0.25) is 16.8 Å². The summed E-state index contributed by atoms with van der Waals surface area (Å²) in [7, 11) is -2.67. The zero-order valence-corrected chi connectivity index (χ0v) is 19.3. The highest BCUT2D eigenvalue weighted by molar-refractivity contribution is 7.86. The molecule has 3 aromatic carbocycles. The molecule has 0 spiro atoms. The zero-order valence-electron chi connectivity index (χ0n) is 18.5. The molecular weight excluding hydrogens is 513 g/mol. The number of fused-ring (bicyclic) bond motifs is 2. The van der Waals surface area contributed by atoms with Gasteiger partial charge in [-0.15, -0.1) is 0 Å². The normalized spacial score (nSPS) is 11.7. The summed E-state index contributed by atoms with van der Waals surface area (Å²) >= 11 is 0. The first-order valence-electron chi connectivity index (χ1n) is 9.83. The molecule has 190 valence electrons. The van der Waals surface area contributed by atoms with Crippen LogP contribution in [0.25, 0.3) is 21.8 Å². The Morgan fingerprint density at radius 2 is 1.47 bits per heavy atom. The maximum Gasteiger partial charge on any atom is 0.485 e. The first-order valence-corrected chi connectivity index (χ1v) is 11.2. The Kier molecular flexibility index (Phi) is 7.46. The lowest BCUT2D eigenvalue weighted by atomic mass is 10.0. The van der Waals surface area contributed by atoms with Gasteiger partial charge in [0.1, 0.15) is 12.8 Å². The number of rotatable bonds is 3. The number of para-hydroxylation sites is 2. The number of ether oxygens (including phenoxy) is 2. The average Bonchev–Trinajstić information content (AvgIpc) is 2.81. The third kappa shape index (κ3) is 5.36. The molecule has 0 amide bonds. The molecule has 0 aliphatic heterocycles. The lowest BCUT2D eigenvalue weighted by Gasteiger charge is -2.11. The van der Waals surface area contributed by atoms with E-state index >= 15 is 0 Å². The maximum atomic E-state index is 14.0. The molecule has 0 atom stereocenters. The number of hydrogen-bond acceptors (Lipinski definition) is 6. The van der Waals surface area contributed by atoms with E-state index in [0.717, 1.165) is 23.2 Å². The number of hydrogen-bond donors (Lipinski definition) is 0. The minimum absolute atomic E-state index is 0.231. The molecule has 1 aromatic heterocycles. The van der Waals surface area contributed by atoms with Crippen molar-refractivity contribution >= 4 is 37.9 Å². The molecule has 0 aliphatic rings. The maximum absolute atomic E-state index is 14.0. The number of benzene rings is 3. The number of aromatic nitrogens is 1. The van der Waals surface area contributed by atoms with Crippen LogP contribution in [-0.4, -0.2) is 31.6 Å². The Morgan fingerprint density at radius 3 is 2.03 bits per heavy atom. The van der Waals surface area contributed by atoms with Gasteiger partial charge in [-0.1, -0.05) is 18.2 Å². The van der Waals surface area contributed by atoms with Crippen molar-refractivity contribution in [1.29, 1.82) is 0 Å². The smallest absolute Gasteiger partial charge is 0.485 e. The number of alkyl halides is 3. The van der Waals surface area contributed by atoms with Crippen LogP contribution in [0.5, 0.6) is 11.5 Å². The van der Waals surface area contributed by atoms with Crippen molar-refractivity contribution in [2.45, 2.75) is 5.51 Å². The van der Waals surface area contributed by atoms with Crippen molar-refractivity contribution in [3.8, 4) is 11.5 Å². The Labute approximate surface area is 201 Å². The van der Waals surface area contributed by atoms with Gasteiger partial charge in [-0.3, -0.25) is 0 Å². The van der Waals surface area contributed by atoms with E-state index in [1.807, 2.05) is 23.7 Å². The number of halogens is 5. The summed E-state index contributed by atoms with van der Waals surface area (Å²) in [6.45, 7) is 0. The van der Waals surface area contributed by atoms with E-state index in [4.69, 9.17) is 22.4 Å². The third-order valence-electron chi connectivity index (χ3n) is 4.97. The summed E-state index contributed by atoms with van der Waals surface area (Å²) in [5.74, 6) is -2.81. The van der Waals surface area contributed by atoms with Gasteiger partial charge < -0.3 is 14.0 Å². The highest BCUT2D eigenvalue weighted by Crippen LogP contribution is 2.30. The molecule has 13 heteroatoms. The van der Waals surface area contributed by atoms with Crippen molar-refractivity contribution in [3.63, 3.8) is 0 Å². The molecule has 0 unspecified atom stereocenters. The Bertz CT molecular complexity index is 1550. The van der Waals surface area contributed by atoms with Crippen LogP contribution >= 0.6 is 0 Å². The first-order chi connectivity index (χ1) is 16.8. The van der Waals surface area contributed by atoms with E-state index in [1.165, 1.54) is 6.07 Å². The van der Waals surface area contributed by atoms with E-state index in [9.17, 15) is 26.7 Å². The van der Waals surface area contributed by atoms with Gasteiger partial charge in [0.05, 0.1) is 29.5 Å². The second kappa shape index (κ2) is 10.0. The number of esters is 1. The van der Waals surface area contributed by atoms with E-state index in [-0.39, 0.29) is 5.56 Å². The second-order valence-electron chi connectivity index (χ2n) is 7.17. The third-order valence-corrected chi connectivity index (χ3v) is 5.54. The van der Waals surface area contributed by atoms with Gasteiger partial charge in [-0.2, -0.15) is 17.7 Å². The number of aryl methyl sites for hydroxylation is 1. The fourth-order valence-electron chi connectivity index (χ4n) is 3.32. The van der Waals surface area contributed by atoms with Gasteiger partial charge in [0, 0.05) is 6.07 Å². The fourth-order valence-corrected chi connectivity index (χ4v) is 3.32. The van der Waals surface area contributed by atoms with Crippen molar-refractivity contribution < 1.29 is 53.8 Å². The quantitative estimate of drug-likeness (QED) is 0.0744. The van der Waals surface area contributed by atoms with E-state index in [0.29, 0.717) is 16.5 Å². The monoisotopic (exact) mass is 529 g/mol. The van der Waals surface area contributed by atoms with Crippen LogP contribution in [0.4, 0.5) is 22.0 Å². The molecule has 0 bridgehead atoms. The van der Waals surface area contributed by atoms with Gasteiger partial charge in [-0.25, -0.2) is 22.0 Å². The molecule has 7 nitrogen and oxygen atoms in total. The average molecular weight is 529 g/mol. The number of carbonyl (C=O) groups is 1.